The van der Waals surface area contributed by atoms with E-state index < -0.39 is 5.91 Å². The molecule has 1 N–H and O–H groups in total. The molecule has 0 saturated carbocycles. The first-order chi connectivity index (χ1) is 14.1. The lowest BCUT2D eigenvalue weighted by molar-refractivity contribution is 0.0929. The summed E-state index contributed by atoms with van der Waals surface area (Å²) in [6, 6.07) is 23.2. The summed E-state index contributed by atoms with van der Waals surface area (Å²) in [4.78, 5) is 14.5. The number of halogens is 1. The van der Waals surface area contributed by atoms with Gasteiger partial charge in [-0.15, -0.1) is 0 Å². The molecule has 3 aromatic carbocycles. The van der Waals surface area contributed by atoms with Crippen molar-refractivity contribution in [1.29, 1.82) is 0 Å². The van der Waals surface area contributed by atoms with E-state index in [4.69, 9.17) is 16.0 Å². The van der Waals surface area contributed by atoms with Crippen molar-refractivity contribution in [2.75, 3.05) is 0 Å². The summed E-state index contributed by atoms with van der Waals surface area (Å²) in [6.45, 7) is 2.07. The van der Waals surface area contributed by atoms with Gasteiger partial charge in [-0.3, -0.25) is 4.79 Å². The SMILES string of the molecule is Cc1ccc(Sc2ccc(/C=N\NC(=O)c3cc4cc(Cl)ccc4o3)cc2)cc1. The van der Waals surface area contributed by atoms with Crippen LogP contribution in [0.2, 0.25) is 5.02 Å². The zero-order valence-electron chi connectivity index (χ0n) is 15.6. The number of nitrogens with zero attached hydrogens (tertiary/aromatic N) is 1. The van der Waals surface area contributed by atoms with Crippen LogP contribution in [-0.2, 0) is 0 Å². The van der Waals surface area contributed by atoms with Crippen molar-refractivity contribution < 1.29 is 9.21 Å². The number of fused-ring (bicyclic) bond motifs is 1. The van der Waals surface area contributed by atoms with Gasteiger partial charge in [0.1, 0.15) is 5.58 Å². The smallest absolute Gasteiger partial charge is 0.307 e. The Hall–Kier alpha value is -3.02. The normalized spacial score (nSPS) is 11.2. The van der Waals surface area contributed by atoms with Gasteiger partial charge < -0.3 is 4.42 Å². The number of hydrogen-bond donors (Lipinski definition) is 1. The molecule has 0 aliphatic heterocycles. The van der Waals surface area contributed by atoms with Crippen LogP contribution in [0.15, 0.2) is 92.1 Å². The molecule has 29 heavy (non-hydrogen) atoms. The van der Waals surface area contributed by atoms with Crippen molar-refractivity contribution in [3.8, 4) is 0 Å². The van der Waals surface area contributed by atoms with Crippen LogP contribution < -0.4 is 5.43 Å². The summed E-state index contributed by atoms with van der Waals surface area (Å²) in [7, 11) is 0. The van der Waals surface area contributed by atoms with Gasteiger partial charge in [-0.25, -0.2) is 5.43 Å². The second-order valence-corrected chi connectivity index (χ2v) is 8.06. The Morgan fingerprint density at radius 3 is 2.41 bits per heavy atom. The molecule has 1 amide bonds. The lowest BCUT2D eigenvalue weighted by Gasteiger charge is -2.02. The fourth-order valence-electron chi connectivity index (χ4n) is 2.71. The average Bonchev–Trinajstić information content (AvgIpc) is 3.14. The van der Waals surface area contributed by atoms with E-state index in [0.29, 0.717) is 10.6 Å². The van der Waals surface area contributed by atoms with Crippen LogP contribution in [0.5, 0.6) is 0 Å². The van der Waals surface area contributed by atoms with Crippen LogP contribution in [0.3, 0.4) is 0 Å². The third-order valence-corrected chi connectivity index (χ3v) is 5.47. The lowest BCUT2D eigenvalue weighted by atomic mass is 10.2. The summed E-state index contributed by atoms with van der Waals surface area (Å²) in [5, 5.41) is 5.37. The number of amides is 1. The van der Waals surface area contributed by atoms with E-state index in [-0.39, 0.29) is 5.76 Å². The molecule has 4 nitrogen and oxygen atoms in total. The second kappa shape index (κ2) is 8.55. The summed E-state index contributed by atoms with van der Waals surface area (Å²) in [5.74, 6) is -0.232. The molecule has 0 atom stereocenters. The van der Waals surface area contributed by atoms with Gasteiger partial charge in [0, 0.05) is 20.2 Å². The van der Waals surface area contributed by atoms with Crippen LogP contribution in [0.4, 0.5) is 0 Å². The first-order valence-corrected chi connectivity index (χ1v) is 10.1. The number of carbonyl (C=O) groups is 1. The first kappa shape index (κ1) is 19.3. The van der Waals surface area contributed by atoms with Crippen molar-refractivity contribution in [3.63, 3.8) is 0 Å². The molecule has 0 saturated heterocycles. The fraction of sp³-hybridized carbons (Fsp3) is 0.0435. The maximum absolute atomic E-state index is 12.2. The van der Waals surface area contributed by atoms with Gasteiger partial charge in [0.05, 0.1) is 6.21 Å². The van der Waals surface area contributed by atoms with Crippen LogP contribution in [0.1, 0.15) is 21.7 Å². The molecule has 4 rings (SSSR count). The zero-order valence-corrected chi connectivity index (χ0v) is 17.1. The van der Waals surface area contributed by atoms with E-state index in [1.165, 1.54) is 10.5 Å². The van der Waals surface area contributed by atoms with Gasteiger partial charge in [0.25, 0.3) is 0 Å². The largest absolute Gasteiger partial charge is 0.451 e. The minimum Gasteiger partial charge on any atom is -0.451 e. The highest BCUT2D eigenvalue weighted by Gasteiger charge is 2.11. The molecular weight excluding hydrogens is 404 g/mol. The number of carbonyl (C=O) groups excluding carboxylic acids is 1. The molecule has 4 aromatic rings. The molecule has 0 aliphatic carbocycles. The molecular formula is C23H17ClN2O2S. The fourth-order valence-corrected chi connectivity index (χ4v) is 3.71. The van der Waals surface area contributed by atoms with Crippen LogP contribution in [-0.4, -0.2) is 12.1 Å². The maximum Gasteiger partial charge on any atom is 0.307 e. The van der Waals surface area contributed by atoms with Crippen molar-refractivity contribution in [1.82, 2.24) is 5.43 Å². The van der Waals surface area contributed by atoms with E-state index in [1.807, 2.05) is 24.3 Å². The van der Waals surface area contributed by atoms with E-state index in [1.54, 1.807) is 42.2 Å². The summed E-state index contributed by atoms with van der Waals surface area (Å²) < 4.78 is 5.52. The highest BCUT2D eigenvalue weighted by molar-refractivity contribution is 7.99. The second-order valence-electron chi connectivity index (χ2n) is 6.48. The first-order valence-electron chi connectivity index (χ1n) is 8.94. The van der Waals surface area contributed by atoms with Gasteiger partial charge in [0.15, 0.2) is 5.76 Å². The van der Waals surface area contributed by atoms with Crippen molar-refractivity contribution >= 4 is 46.5 Å². The monoisotopic (exact) mass is 420 g/mol. The van der Waals surface area contributed by atoms with Crippen molar-refractivity contribution in [3.05, 3.63) is 94.7 Å². The predicted molar refractivity (Wildman–Crippen MR) is 118 cm³/mol. The third kappa shape index (κ3) is 4.88. The lowest BCUT2D eigenvalue weighted by Crippen LogP contribution is -2.16. The van der Waals surface area contributed by atoms with E-state index in [2.05, 4.69) is 41.7 Å². The summed E-state index contributed by atoms with van der Waals surface area (Å²) in [6.07, 6.45) is 1.59. The number of benzene rings is 3. The molecule has 0 fully saturated rings. The Bertz CT molecular complexity index is 1180. The molecule has 1 heterocycles. The quantitative estimate of drug-likeness (QED) is 0.304. The molecule has 6 heteroatoms. The summed E-state index contributed by atoms with van der Waals surface area (Å²) >= 11 is 7.65. The summed E-state index contributed by atoms with van der Waals surface area (Å²) in [5.41, 5.74) is 5.21. The van der Waals surface area contributed by atoms with Gasteiger partial charge in [-0.2, -0.15) is 5.10 Å². The molecule has 0 radical (unpaired) electrons. The zero-order chi connectivity index (χ0) is 20.2. The van der Waals surface area contributed by atoms with E-state index in [0.717, 1.165) is 15.8 Å². The van der Waals surface area contributed by atoms with Crippen molar-refractivity contribution in [2.24, 2.45) is 5.10 Å². The standard InChI is InChI=1S/C23H17ClN2O2S/c1-15-2-7-19(8-3-15)29-20-9-4-16(5-10-20)14-25-26-23(27)22-13-17-12-18(24)6-11-21(17)28-22/h2-14H,1H3,(H,26,27)/b25-14-. The number of aryl methyl sites for hydroxylation is 1. The van der Waals surface area contributed by atoms with Gasteiger partial charge in [-0.1, -0.05) is 53.2 Å². The number of rotatable bonds is 5. The van der Waals surface area contributed by atoms with Crippen molar-refractivity contribution in [2.45, 2.75) is 16.7 Å². The molecule has 0 unspecified atom stereocenters. The van der Waals surface area contributed by atoms with E-state index in [9.17, 15) is 4.79 Å². The number of nitrogens with one attached hydrogen (secondary N) is 1. The maximum atomic E-state index is 12.2. The van der Waals surface area contributed by atoms with Gasteiger partial charge >= 0.3 is 5.91 Å². The minimum atomic E-state index is -0.417. The van der Waals surface area contributed by atoms with E-state index >= 15 is 0 Å². The highest BCUT2D eigenvalue weighted by Crippen LogP contribution is 2.27. The van der Waals surface area contributed by atoms with Crippen LogP contribution in [0, 0.1) is 6.92 Å². The number of hydrazone groups is 1. The minimum absolute atomic E-state index is 0.185. The Labute approximate surface area is 177 Å². The van der Waals surface area contributed by atoms with Crippen LogP contribution in [0.25, 0.3) is 11.0 Å². The highest BCUT2D eigenvalue weighted by atomic mass is 35.5. The Morgan fingerprint density at radius 1 is 1.00 bits per heavy atom. The Balaban J connectivity index is 1.37. The molecule has 0 spiro atoms. The number of hydrogen-bond acceptors (Lipinski definition) is 4. The predicted octanol–water partition coefficient (Wildman–Crippen LogP) is 6.31. The molecule has 0 aliphatic rings. The molecule has 144 valence electrons. The van der Waals surface area contributed by atoms with Crippen LogP contribution >= 0.6 is 23.4 Å². The Morgan fingerprint density at radius 2 is 1.69 bits per heavy atom. The number of furan rings is 1. The molecule has 0 bridgehead atoms. The van der Waals surface area contributed by atoms with Gasteiger partial charge in [-0.05, 0) is 61.0 Å². The Kier molecular flexibility index (Phi) is 5.69. The topological polar surface area (TPSA) is 54.6 Å². The molecule has 1 aromatic heterocycles. The van der Waals surface area contributed by atoms with Gasteiger partial charge in [0.2, 0.25) is 0 Å². The average molecular weight is 421 g/mol. The third-order valence-electron chi connectivity index (χ3n) is 4.22.